The first-order chi connectivity index (χ1) is 10.2. The molecule has 5 nitrogen and oxygen atoms in total. The topological polar surface area (TPSA) is 81.4 Å². The van der Waals surface area contributed by atoms with Crippen molar-refractivity contribution in [3.05, 3.63) is 29.8 Å². The summed E-state index contributed by atoms with van der Waals surface area (Å²) in [6.45, 7) is 1.84. The Morgan fingerprint density at radius 2 is 1.95 bits per heavy atom. The van der Waals surface area contributed by atoms with Crippen molar-refractivity contribution in [2.75, 3.05) is 24.3 Å². The summed E-state index contributed by atoms with van der Waals surface area (Å²) in [7, 11) is -0.947. The lowest BCUT2D eigenvalue weighted by Crippen LogP contribution is -2.27. The molecular weight excluding hydrogens is 288 g/mol. The maximum absolute atomic E-state index is 12.1. The molecule has 1 atom stereocenters. The Balaban J connectivity index is 1.74. The van der Waals surface area contributed by atoms with Crippen LogP contribution in [0.4, 0.5) is 5.69 Å². The van der Waals surface area contributed by atoms with Crippen molar-refractivity contribution in [2.24, 2.45) is 5.73 Å². The summed E-state index contributed by atoms with van der Waals surface area (Å²) in [6.07, 6.45) is 1.94. The van der Waals surface area contributed by atoms with E-state index in [2.05, 4.69) is 5.32 Å². The Morgan fingerprint density at radius 3 is 2.57 bits per heavy atom. The third kappa shape index (κ3) is 5.22. The molecule has 1 aliphatic rings. The summed E-state index contributed by atoms with van der Waals surface area (Å²) in [5.41, 5.74) is 7.29. The van der Waals surface area contributed by atoms with Gasteiger partial charge < -0.3 is 15.8 Å². The van der Waals surface area contributed by atoms with Crippen LogP contribution in [0, 0.1) is 0 Å². The van der Waals surface area contributed by atoms with Gasteiger partial charge in [0.25, 0.3) is 0 Å². The predicted octanol–water partition coefficient (Wildman–Crippen LogP) is 1.40. The summed E-state index contributed by atoms with van der Waals surface area (Å²) < 4.78 is 17.4. The second kappa shape index (κ2) is 8.26. The van der Waals surface area contributed by atoms with Crippen LogP contribution < -0.4 is 11.1 Å². The number of ether oxygens (including phenoxy) is 1. The van der Waals surface area contributed by atoms with Crippen molar-refractivity contribution in [3.8, 4) is 0 Å². The van der Waals surface area contributed by atoms with Gasteiger partial charge in [0, 0.05) is 53.7 Å². The van der Waals surface area contributed by atoms with Crippen molar-refractivity contribution < 1.29 is 13.7 Å². The first-order valence-corrected chi connectivity index (χ1v) is 8.61. The van der Waals surface area contributed by atoms with Crippen LogP contribution in [0.2, 0.25) is 0 Å². The molecule has 2 rings (SSSR count). The molecular formula is C15H22N2O3S. The van der Waals surface area contributed by atoms with Gasteiger partial charge in [0.2, 0.25) is 5.91 Å². The highest BCUT2D eigenvalue weighted by Gasteiger charge is 2.20. The lowest BCUT2D eigenvalue weighted by atomic mass is 10.2. The first kappa shape index (κ1) is 16.1. The quantitative estimate of drug-likeness (QED) is 0.832. The van der Waals surface area contributed by atoms with Crippen LogP contribution in [0.5, 0.6) is 0 Å². The average Bonchev–Trinajstić information content (AvgIpc) is 2.54. The van der Waals surface area contributed by atoms with E-state index >= 15 is 0 Å². The van der Waals surface area contributed by atoms with Crippen LogP contribution in [-0.4, -0.2) is 34.3 Å². The molecule has 0 aromatic heterocycles. The van der Waals surface area contributed by atoms with E-state index < -0.39 is 10.8 Å². The highest BCUT2D eigenvalue weighted by molar-refractivity contribution is 7.85. The van der Waals surface area contributed by atoms with Crippen LogP contribution in [0.25, 0.3) is 0 Å². The minimum atomic E-state index is -0.947. The Hall–Kier alpha value is -1.24. The number of hydrogen-bond acceptors (Lipinski definition) is 4. The molecule has 1 aromatic carbocycles. The molecule has 1 aliphatic heterocycles. The number of carbonyl (C=O) groups is 1. The summed E-state index contributed by atoms with van der Waals surface area (Å²) in [5, 5.41) is 2.99. The minimum absolute atomic E-state index is 0.101. The second-order valence-electron chi connectivity index (χ2n) is 5.10. The van der Waals surface area contributed by atoms with E-state index in [1.165, 1.54) is 0 Å². The van der Waals surface area contributed by atoms with Crippen molar-refractivity contribution in [3.63, 3.8) is 0 Å². The van der Waals surface area contributed by atoms with Gasteiger partial charge >= 0.3 is 0 Å². The maximum atomic E-state index is 12.1. The van der Waals surface area contributed by atoms with Gasteiger partial charge in [-0.1, -0.05) is 12.1 Å². The van der Waals surface area contributed by atoms with Gasteiger partial charge in [0.05, 0.1) is 0 Å². The normalized spacial score (nSPS) is 17.4. The van der Waals surface area contributed by atoms with Gasteiger partial charge in [-0.15, -0.1) is 0 Å². The standard InChI is InChI=1S/C15H22N2O3S/c16-11-12-1-3-13(4-2-12)17-15(18)7-10-21(19)14-5-8-20-9-6-14/h1-4,14H,5-11,16H2,(H,17,18). The van der Waals surface area contributed by atoms with Crippen LogP contribution in [0.1, 0.15) is 24.8 Å². The number of amides is 1. The summed E-state index contributed by atoms with van der Waals surface area (Å²) >= 11 is 0. The van der Waals surface area contributed by atoms with Crippen LogP contribution in [0.3, 0.4) is 0 Å². The molecule has 0 saturated carbocycles. The van der Waals surface area contributed by atoms with Crippen LogP contribution in [0.15, 0.2) is 24.3 Å². The molecule has 1 unspecified atom stereocenters. The number of benzene rings is 1. The van der Waals surface area contributed by atoms with E-state index in [1.54, 1.807) is 0 Å². The molecule has 3 N–H and O–H groups in total. The molecule has 0 spiro atoms. The molecule has 1 amide bonds. The third-order valence-corrected chi connectivity index (χ3v) is 5.37. The van der Waals surface area contributed by atoms with Crippen molar-refractivity contribution in [1.82, 2.24) is 0 Å². The second-order valence-corrected chi connectivity index (χ2v) is 6.93. The van der Waals surface area contributed by atoms with E-state index in [-0.39, 0.29) is 17.6 Å². The molecule has 6 heteroatoms. The van der Waals surface area contributed by atoms with E-state index in [4.69, 9.17) is 10.5 Å². The molecule has 116 valence electrons. The largest absolute Gasteiger partial charge is 0.381 e. The van der Waals surface area contributed by atoms with E-state index in [1.807, 2.05) is 24.3 Å². The Labute approximate surface area is 127 Å². The smallest absolute Gasteiger partial charge is 0.225 e. The van der Waals surface area contributed by atoms with E-state index in [0.29, 0.717) is 25.5 Å². The summed E-state index contributed by atoms with van der Waals surface area (Å²) in [5.74, 6) is 0.313. The number of carbonyl (C=O) groups excluding carboxylic acids is 1. The lowest BCUT2D eigenvalue weighted by molar-refractivity contribution is -0.115. The van der Waals surface area contributed by atoms with Gasteiger partial charge in [-0.05, 0) is 30.5 Å². The van der Waals surface area contributed by atoms with E-state index in [9.17, 15) is 9.00 Å². The predicted molar refractivity (Wildman–Crippen MR) is 84.4 cm³/mol. The third-order valence-electron chi connectivity index (χ3n) is 3.54. The fourth-order valence-electron chi connectivity index (χ4n) is 2.25. The molecule has 1 heterocycles. The number of anilines is 1. The van der Waals surface area contributed by atoms with E-state index in [0.717, 1.165) is 24.1 Å². The monoisotopic (exact) mass is 310 g/mol. The highest BCUT2D eigenvalue weighted by Crippen LogP contribution is 2.14. The van der Waals surface area contributed by atoms with Gasteiger partial charge in [-0.3, -0.25) is 9.00 Å². The fourth-order valence-corrected chi connectivity index (χ4v) is 3.68. The molecule has 0 aliphatic carbocycles. The Morgan fingerprint density at radius 1 is 1.29 bits per heavy atom. The van der Waals surface area contributed by atoms with Crippen molar-refractivity contribution in [2.45, 2.75) is 31.1 Å². The van der Waals surface area contributed by atoms with Gasteiger partial charge in [-0.2, -0.15) is 0 Å². The van der Waals surface area contributed by atoms with Crippen molar-refractivity contribution >= 4 is 22.4 Å². The Bertz CT molecular complexity index is 484. The number of nitrogens with one attached hydrogen (secondary N) is 1. The number of nitrogens with two attached hydrogens (primary N) is 1. The van der Waals surface area contributed by atoms with Crippen molar-refractivity contribution in [1.29, 1.82) is 0 Å². The average molecular weight is 310 g/mol. The molecule has 0 bridgehead atoms. The summed E-state index contributed by atoms with van der Waals surface area (Å²) in [6, 6.07) is 7.43. The Kier molecular flexibility index (Phi) is 6.35. The first-order valence-electron chi connectivity index (χ1n) is 7.23. The van der Waals surface area contributed by atoms with Crippen LogP contribution in [-0.2, 0) is 26.9 Å². The number of hydrogen-bond donors (Lipinski definition) is 2. The zero-order valence-electron chi connectivity index (χ0n) is 12.0. The SMILES string of the molecule is NCc1ccc(NC(=O)CCS(=O)C2CCOCC2)cc1. The van der Waals surface area contributed by atoms with Gasteiger partial charge in [0.15, 0.2) is 0 Å². The van der Waals surface area contributed by atoms with Crippen LogP contribution >= 0.6 is 0 Å². The number of rotatable bonds is 6. The zero-order chi connectivity index (χ0) is 15.1. The minimum Gasteiger partial charge on any atom is -0.381 e. The fraction of sp³-hybridized carbons (Fsp3) is 0.533. The molecule has 1 fully saturated rings. The zero-order valence-corrected chi connectivity index (χ0v) is 12.9. The lowest BCUT2D eigenvalue weighted by Gasteiger charge is -2.21. The molecule has 0 radical (unpaired) electrons. The molecule has 1 aromatic rings. The van der Waals surface area contributed by atoms with Gasteiger partial charge in [0.1, 0.15) is 0 Å². The van der Waals surface area contributed by atoms with Gasteiger partial charge in [-0.25, -0.2) is 0 Å². The highest BCUT2D eigenvalue weighted by atomic mass is 32.2. The summed E-state index contributed by atoms with van der Waals surface area (Å²) in [4.78, 5) is 11.9. The molecule has 21 heavy (non-hydrogen) atoms. The maximum Gasteiger partial charge on any atom is 0.225 e. The molecule has 1 saturated heterocycles.